The first-order valence-electron chi connectivity index (χ1n) is 13.3. The Hall–Kier alpha value is -1.06. The molecule has 9 aliphatic rings. The summed E-state index contributed by atoms with van der Waals surface area (Å²) < 4.78 is 5.42. The number of hydrogen-bond acceptors (Lipinski definition) is 3. The lowest BCUT2D eigenvalue weighted by Crippen LogP contribution is -2.67. The van der Waals surface area contributed by atoms with E-state index in [4.69, 9.17) is 4.74 Å². The monoisotopic (exact) mass is 425 g/mol. The highest BCUT2D eigenvalue weighted by Crippen LogP contribution is 2.78. The van der Waals surface area contributed by atoms with Crippen molar-refractivity contribution in [2.45, 2.75) is 89.9 Å². The Balaban J connectivity index is 1.29. The molecule has 1 heterocycles. The maximum Gasteiger partial charge on any atom is 0.311 e. The molecule has 0 radical (unpaired) electrons. The van der Waals surface area contributed by atoms with Gasteiger partial charge in [0.25, 0.3) is 0 Å². The van der Waals surface area contributed by atoms with Gasteiger partial charge in [0.1, 0.15) is 0 Å². The van der Waals surface area contributed by atoms with Gasteiger partial charge in [0.15, 0.2) is 0 Å². The third kappa shape index (κ3) is 2.43. The summed E-state index contributed by atoms with van der Waals surface area (Å²) in [6.07, 6.45) is 17.1. The minimum absolute atomic E-state index is 0.0732. The van der Waals surface area contributed by atoms with Crippen LogP contribution in [0.5, 0.6) is 0 Å². The molecule has 0 N–H and O–H groups in total. The number of methoxy groups -OCH3 is 1. The molecule has 8 bridgehead atoms. The lowest BCUT2D eigenvalue weighted by atomic mass is 9.31. The van der Waals surface area contributed by atoms with Gasteiger partial charge < -0.3 is 9.64 Å². The molecule has 0 aromatic heterocycles. The van der Waals surface area contributed by atoms with Crippen molar-refractivity contribution in [1.29, 1.82) is 0 Å². The number of hydrogen-bond donors (Lipinski definition) is 0. The molecular weight excluding hydrogens is 386 g/mol. The minimum atomic E-state index is -0.214. The fourth-order valence-corrected chi connectivity index (χ4v) is 11.7. The smallest absolute Gasteiger partial charge is 0.311 e. The summed E-state index contributed by atoms with van der Waals surface area (Å²) >= 11 is 0. The average Bonchev–Trinajstić information content (AvgIpc) is 3.25. The van der Waals surface area contributed by atoms with E-state index in [9.17, 15) is 9.59 Å². The van der Waals surface area contributed by atoms with Crippen LogP contribution >= 0.6 is 0 Å². The fraction of sp³-hybridized carbons (Fsp3) is 0.926. The molecule has 8 aliphatic carbocycles. The Bertz CT molecular complexity index is 798. The molecule has 1 amide bonds. The first-order chi connectivity index (χ1) is 14.9. The molecule has 4 heteroatoms. The predicted octanol–water partition coefficient (Wildman–Crippen LogP) is 4.96. The van der Waals surface area contributed by atoms with Gasteiger partial charge in [-0.1, -0.05) is 0 Å². The molecule has 1 saturated heterocycles. The molecule has 4 nitrogen and oxygen atoms in total. The predicted molar refractivity (Wildman–Crippen MR) is 117 cm³/mol. The summed E-state index contributed by atoms with van der Waals surface area (Å²) in [5, 5.41) is 0. The number of amides is 1. The highest BCUT2D eigenvalue weighted by atomic mass is 16.5. The Kier molecular flexibility index (Phi) is 3.81. The molecular formula is C27H39NO3. The van der Waals surface area contributed by atoms with Crippen molar-refractivity contribution in [3.8, 4) is 0 Å². The van der Waals surface area contributed by atoms with Gasteiger partial charge in [-0.05, 0) is 124 Å². The first kappa shape index (κ1) is 19.4. The van der Waals surface area contributed by atoms with Gasteiger partial charge in [0, 0.05) is 13.1 Å². The second kappa shape index (κ2) is 6.08. The Morgan fingerprint density at radius 1 is 0.710 bits per heavy atom. The van der Waals surface area contributed by atoms with Gasteiger partial charge in [0.2, 0.25) is 5.91 Å². The van der Waals surface area contributed by atoms with Crippen LogP contribution in [0.25, 0.3) is 0 Å². The van der Waals surface area contributed by atoms with Crippen LogP contribution in [0, 0.1) is 45.3 Å². The van der Waals surface area contributed by atoms with Crippen molar-refractivity contribution < 1.29 is 14.3 Å². The third-order valence-corrected chi connectivity index (χ3v) is 11.7. The Morgan fingerprint density at radius 2 is 1.16 bits per heavy atom. The maximum atomic E-state index is 13.9. The Labute approximate surface area is 186 Å². The van der Waals surface area contributed by atoms with Crippen molar-refractivity contribution in [2.24, 2.45) is 45.3 Å². The number of rotatable bonds is 3. The third-order valence-electron chi connectivity index (χ3n) is 11.7. The molecule has 0 aromatic rings. The van der Waals surface area contributed by atoms with E-state index in [-0.39, 0.29) is 16.8 Å². The summed E-state index contributed by atoms with van der Waals surface area (Å²) in [6.45, 7) is 1.98. The normalized spacial score (nSPS) is 53.9. The molecule has 0 spiro atoms. The van der Waals surface area contributed by atoms with Crippen molar-refractivity contribution in [3.05, 3.63) is 0 Å². The molecule has 31 heavy (non-hydrogen) atoms. The topological polar surface area (TPSA) is 46.6 Å². The summed E-state index contributed by atoms with van der Waals surface area (Å²) in [5.41, 5.74) is 0.313. The summed E-state index contributed by atoms with van der Waals surface area (Å²) in [4.78, 5) is 29.3. The Morgan fingerprint density at radius 3 is 1.65 bits per heavy atom. The lowest BCUT2D eigenvalue weighted by molar-refractivity contribution is -0.241. The number of ether oxygens (including phenoxy) is 1. The fourth-order valence-electron chi connectivity index (χ4n) is 11.7. The van der Waals surface area contributed by atoms with Crippen molar-refractivity contribution >= 4 is 11.9 Å². The van der Waals surface area contributed by atoms with Crippen molar-refractivity contribution in [3.63, 3.8) is 0 Å². The van der Waals surface area contributed by atoms with Crippen LogP contribution in [0.2, 0.25) is 0 Å². The van der Waals surface area contributed by atoms with E-state index in [1.54, 1.807) is 7.11 Å². The van der Waals surface area contributed by atoms with Crippen LogP contribution in [-0.4, -0.2) is 37.0 Å². The summed E-state index contributed by atoms with van der Waals surface area (Å²) in [5.74, 6) is 3.51. The second-order valence-corrected chi connectivity index (χ2v) is 13.5. The molecule has 9 fully saturated rings. The highest BCUT2D eigenvalue weighted by molar-refractivity contribution is 5.84. The quantitative estimate of drug-likeness (QED) is 0.601. The molecule has 0 aromatic carbocycles. The first-order valence-corrected chi connectivity index (χ1v) is 13.3. The van der Waals surface area contributed by atoms with E-state index in [0.29, 0.717) is 28.6 Å². The number of likely N-dealkylation sites (tertiary alicyclic amines) is 1. The SMILES string of the molecule is COC(=O)C12CC3CC(C1)CC(C14CC5CC(CC(C(=O)N6CCCC6)(C5)C1)C4)(C3)C2. The van der Waals surface area contributed by atoms with E-state index >= 15 is 0 Å². The van der Waals surface area contributed by atoms with Crippen molar-refractivity contribution in [2.75, 3.05) is 20.2 Å². The molecule has 9 rings (SSSR count). The van der Waals surface area contributed by atoms with E-state index < -0.39 is 0 Å². The zero-order valence-electron chi connectivity index (χ0n) is 19.3. The zero-order chi connectivity index (χ0) is 21.1. The molecule has 4 unspecified atom stereocenters. The van der Waals surface area contributed by atoms with Gasteiger partial charge in [0.05, 0.1) is 17.9 Å². The summed E-state index contributed by atoms with van der Waals surface area (Å²) in [7, 11) is 1.60. The van der Waals surface area contributed by atoms with Crippen LogP contribution < -0.4 is 0 Å². The minimum Gasteiger partial charge on any atom is -0.469 e. The van der Waals surface area contributed by atoms with Crippen LogP contribution in [0.3, 0.4) is 0 Å². The number of nitrogens with zero attached hydrogens (tertiary/aromatic N) is 1. The highest BCUT2D eigenvalue weighted by Gasteiger charge is 2.72. The van der Waals surface area contributed by atoms with E-state index in [2.05, 4.69) is 4.90 Å². The standard InChI is InChI=1S/C27H39NO3/c1-31-23(30)25-10-20-7-21(11-25)15-27(14-20,17-25)26-12-18-6-19(13-26)9-24(8-18,16-26)22(29)28-4-2-3-5-28/h18-21H,2-17H2,1H3. The number of esters is 1. The number of carbonyl (C=O) groups is 2. The van der Waals surface area contributed by atoms with E-state index in [1.165, 1.54) is 51.4 Å². The van der Waals surface area contributed by atoms with E-state index in [1.807, 2.05) is 0 Å². The average molecular weight is 426 g/mol. The largest absolute Gasteiger partial charge is 0.469 e. The number of carbonyl (C=O) groups excluding carboxylic acids is 2. The van der Waals surface area contributed by atoms with Crippen molar-refractivity contribution in [1.82, 2.24) is 4.90 Å². The van der Waals surface area contributed by atoms with Gasteiger partial charge in [-0.25, -0.2) is 0 Å². The zero-order valence-corrected chi connectivity index (χ0v) is 19.3. The van der Waals surface area contributed by atoms with E-state index in [0.717, 1.165) is 63.5 Å². The van der Waals surface area contributed by atoms with Crippen LogP contribution in [0.4, 0.5) is 0 Å². The lowest BCUT2D eigenvalue weighted by Gasteiger charge is -2.73. The van der Waals surface area contributed by atoms with Crippen LogP contribution in [0.15, 0.2) is 0 Å². The van der Waals surface area contributed by atoms with Gasteiger partial charge in [-0.15, -0.1) is 0 Å². The molecule has 170 valence electrons. The van der Waals surface area contributed by atoms with Gasteiger partial charge >= 0.3 is 5.97 Å². The molecule has 8 saturated carbocycles. The molecule has 4 atom stereocenters. The summed E-state index contributed by atoms with van der Waals surface area (Å²) in [6, 6.07) is 0. The maximum absolute atomic E-state index is 13.9. The second-order valence-electron chi connectivity index (χ2n) is 13.5. The van der Waals surface area contributed by atoms with Gasteiger partial charge in [-0.3, -0.25) is 9.59 Å². The molecule has 1 aliphatic heterocycles. The van der Waals surface area contributed by atoms with Crippen LogP contribution in [0.1, 0.15) is 89.9 Å². The van der Waals surface area contributed by atoms with Gasteiger partial charge in [-0.2, -0.15) is 0 Å². The van der Waals surface area contributed by atoms with Crippen LogP contribution in [-0.2, 0) is 14.3 Å².